The molecule has 2 aliphatic heterocycles. The van der Waals surface area contributed by atoms with Crippen molar-refractivity contribution < 1.29 is 28.3 Å². The zero-order chi connectivity index (χ0) is 28.6. The van der Waals surface area contributed by atoms with E-state index in [9.17, 15) is 28.3 Å². The van der Waals surface area contributed by atoms with E-state index in [4.69, 9.17) is 0 Å². The number of aliphatic hydroxyl groups is 1. The molecule has 2 aliphatic carbocycles. The summed E-state index contributed by atoms with van der Waals surface area (Å²) >= 11 is 0. The molecule has 1 saturated carbocycles. The SMILES string of the molecule is CC[C@@H](C)C(=O)N[C@H](C(=O)N1C[C@H]2CC(F)(F)CN2C[C@H]1C(=O)N[C@H]1c2ccccc2C[C@@H]1O)C1CCCCC1. The van der Waals surface area contributed by atoms with Crippen LogP contribution >= 0.6 is 0 Å². The molecule has 1 aromatic carbocycles. The molecule has 5 rings (SSSR count). The van der Waals surface area contributed by atoms with Gasteiger partial charge in [-0.05, 0) is 36.3 Å². The van der Waals surface area contributed by atoms with Crippen molar-refractivity contribution in [2.75, 3.05) is 19.6 Å². The van der Waals surface area contributed by atoms with Gasteiger partial charge in [-0.25, -0.2) is 8.78 Å². The van der Waals surface area contributed by atoms with Crippen molar-refractivity contribution in [2.45, 2.75) is 101 Å². The first-order valence-corrected chi connectivity index (χ1v) is 14.9. The van der Waals surface area contributed by atoms with Gasteiger partial charge in [-0.2, -0.15) is 0 Å². The van der Waals surface area contributed by atoms with Gasteiger partial charge < -0.3 is 20.6 Å². The number of piperazine rings is 1. The Morgan fingerprint density at radius 2 is 1.85 bits per heavy atom. The van der Waals surface area contributed by atoms with Crippen LogP contribution in [0.2, 0.25) is 0 Å². The van der Waals surface area contributed by atoms with Crippen LogP contribution in [0.25, 0.3) is 0 Å². The average molecular weight is 561 g/mol. The average Bonchev–Trinajstić information content (AvgIpc) is 3.43. The fourth-order valence-electron chi connectivity index (χ4n) is 7.01. The zero-order valence-corrected chi connectivity index (χ0v) is 23.5. The topological polar surface area (TPSA) is 102 Å². The predicted molar refractivity (Wildman–Crippen MR) is 145 cm³/mol. The van der Waals surface area contributed by atoms with Crippen LogP contribution in [-0.4, -0.2) is 82.4 Å². The molecular weight excluding hydrogens is 518 g/mol. The van der Waals surface area contributed by atoms with Gasteiger partial charge in [-0.3, -0.25) is 19.3 Å². The molecule has 0 spiro atoms. The van der Waals surface area contributed by atoms with Crippen LogP contribution < -0.4 is 10.6 Å². The maximum absolute atomic E-state index is 14.5. The molecule has 3 N–H and O–H groups in total. The van der Waals surface area contributed by atoms with Crippen molar-refractivity contribution in [3.8, 4) is 0 Å². The lowest BCUT2D eigenvalue weighted by molar-refractivity contribution is -0.150. The Kier molecular flexibility index (Phi) is 8.47. The molecule has 3 amide bonds. The minimum Gasteiger partial charge on any atom is -0.390 e. The minimum absolute atomic E-state index is 0.00125. The second kappa shape index (κ2) is 11.7. The van der Waals surface area contributed by atoms with Crippen LogP contribution in [0.5, 0.6) is 0 Å². The van der Waals surface area contributed by atoms with E-state index >= 15 is 0 Å². The summed E-state index contributed by atoms with van der Waals surface area (Å²) in [6.07, 6.45) is 4.42. The van der Waals surface area contributed by atoms with E-state index in [-0.39, 0.29) is 43.2 Å². The minimum atomic E-state index is -2.89. The molecule has 6 atom stereocenters. The third-order valence-corrected chi connectivity index (χ3v) is 9.51. The summed E-state index contributed by atoms with van der Waals surface area (Å²) in [7, 11) is 0. The smallest absolute Gasteiger partial charge is 0.262 e. The molecular formula is C30H42F2N4O4. The number of halogens is 2. The maximum atomic E-state index is 14.5. The molecule has 2 saturated heterocycles. The van der Waals surface area contributed by atoms with E-state index in [1.165, 1.54) is 4.90 Å². The van der Waals surface area contributed by atoms with Crippen LogP contribution in [0, 0.1) is 11.8 Å². The van der Waals surface area contributed by atoms with Gasteiger partial charge in [-0.1, -0.05) is 57.4 Å². The number of alkyl halides is 2. The Morgan fingerprint density at radius 3 is 2.58 bits per heavy atom. The quantitative estimate of drug-likeness (QED) is 0.476. The first-order valence-electron chi connectivity index (χ1n) is 14.9. The van der Waals surface area contributed by atoms with Crippen LogP contribution in [0.3, 0.4) is 0 Å². The Balaban J connectivity index is 1.42. The number of aliphatic hydroxyl groups excluding tert-OH is 1. The van der Waals surface area contributed by atoms with Gasteiger partial charge in [0.15, 0.2) is 0 Å². The predicted octanol–water partition coefficient (Wildman–Crippen LogP) is 2.79. The fraction of sp³-hybridized carbons (Fsp3) is 0.700. The monoisotopic (exact) mass is 560 g/mol. The summed E-state index contributed by atoms with van der Waals surface area (Å²) in [6, 6.07) is 4.49. The highest BCUT2D eigenvalue weighted by Crippen LogP contribution is 2.37. The number of fused-ring (bicyclic) bond motifs is 2. The number of rotatable bonds is 7. The number of hydrogen-bond acceptors (Lipinski definition) is 5. The van der Waals surface area contributed by atoms with Crippen molar-refractivity contribution in [1.29, 1.82) is 0 Å². The van der Waals surface area contributed by atoms with Gasteiger partial charge in [0.25, 0.3) is 5.92 Å². The summed E-state index contributed by atoms with van der Waals surface area (Å²) in [5.41, 5.74) is 1.77. The van der Waals surface area contributed by atoms with Crippen LogP contribution in [0.4, 0.5) is 8.78 Å². The molecule has 0 bridgehead atoms. The standard InChI is InChI=1S/C30H42F2N4O4/c1-3-18(2)27(38)33-25(19-9-5-4-6-10-19)29(40)36-15-21-14-30(31,32)17-35(21)16-23(36)28(39)34-26-22-12-8-7-11-20(22)13-24(26)37/h7-8,11-12,18-19,21,23-26,37H,3-6,9-10,13-17H2,1-2H3,(H,33,38)(H,34,39)/t18-,21-,23+,24+,25+,26+/m1/s1. The Morgan fingerprint density at radius 1 is 1.12 bits per heavy atom. The van der Waals surface area contributed by atoms with Crippen molar-refractivity contribution in [3.63, 3.8) is 0 Å². The van der Waals surface area contributed by atoms with Crippen molar-refractivity contribution >= 4 is 17.7 Å². The van der Waals surface area contributed by atoms with Gasteiger partial charge in [-0.15, -0.1) is 0 Å². The summed E-state index contributed by atoms with van der Waals surface area (Å²) in [5, 5.41) is 16.7. The lowest BCUT2D eigenvalue weighted by Gasteiger charge is -2.45. The number of amides is 3. The summed E-state index contributed by atoms with van der Waals surface area (Å²) in [5.74, 6) is -4.27. The lowest BCUT2D eigenvalue weighted by atomic mass is 9.82. The molecule has 2 heterocycles. The summed E-state index contributed by atoms with van der Waals surface area (Å²) in [6.45, 7) is 3.27. The highest BCUT2D eigenvalue weighted by Gasteiger charge is 2.52. The Hall–Kier alpha value is -2.59. The molecule has 0 aromatic heterocycles. The van der Waals surface area contributed by atoms with Crippen molar-refractivity contribution in [2.24, 2.45) is 11.8 Å². The summed E-state index contributed by atoms with van der Waals surface area (Å²) in [4.78, 5) is 44.2. The van der Waals surface area contributed by atoms with Crippen LogP contribution in [-0.2, 0) is 20.8 Å². The number of hydrogen-bond donors (Lipinski definition) is 3. The fourth-order valence-corrected chi connectivity index (χ4v) is 7.01. The molecule has 10 heteroatoms. The second-order valence-electron chi connectivity index (χ2n) is 12.3. The van der Waals surface area contributed by atoms with Crippen LogP contribution in [0.15, 0.2) is 24.3 Å². The number of carbonyl (C=O) groups is 3. The molecule has 220 valence electrons. The van der Waals surface area contributed by atoms with E-state index in [2.05, 4.69) is 10.6 Å². The van der Waals surface area contributed by atoms with Gasteiger partial charge in [0.2, 0.25) is 17.7 Å². The Labute approximate surface area is 234 Å². The molecule has 40 heavy (non-hydrogen) atoms. The first kappa shape index (κ1) is 28.9. The van der Waals surface area contributed by atoms with E-state index in [0.29, 0.717) is 12.8 Å². The van der Waals surface area contributed by atoms with Gasteiger partial charge in [0.1, 0.15) is 12.1 Å². The Bertz CT molecular complexity index is 1110. The number of nitrogens with one attached hydrogen (secondary N) is 2. The summed E-state index contributed by atoms with van der Waals surface area (Å²) < 4.78 is 28.9. The van der Waals surface area contributed by atoms with Gasteiger partial charge in [0.05, 0.1) is 18.7 Å². The molecule has 0 unspecified atom stereocenters. The van der Waals surface area contributed by atoms with Crippen LogP contribution in [0.1, 0.15) is 76.0 Å². The zero-order valence-electron chi connectivity index (χ0n) is 23.5. The molecule has 8 nitrogen and oxygen atoms in total. The number of nitrogens with zero attached hydrogens (tertiary/aromatic N) is 2. The maximum Gasteiger partial charge on any atom is 0.262 e. The van der Waals surface area contributed by atoms with Gasteiger partial charge >= 0.3 is 0 Å². The highest BCUT2D eigenvalue weighted by molar-refractivity contribution is 5.93. The lowest BCUT2D eigenvalue weighted by Crippen LogP contribution is -2.66. The molecule has 4 aliphatic rings. The molecule has 1 aromatic rings. The molecule has 3 fully saturated rings. The second-order valence-corrected chi connectivity index (χ2v) is 12.3. The van der Waals surface area contributed by atoms with Crippen molar-refractivity contribution in [1.82, 2.24) is 20.4 Å². The third-order valence-electron chi connectivity index (χ3n) is 9.51. The van der Waals surface area contributed by atoms with E-state index in [0.717, 1.165) is 43.2 Å². The van der Waals surface area contributed by atoms with Crippen molar-refractivity contribution in [3.05, 3.63) is 35.4 Å². The number of carbonyl (C=O) groups excluding carboxylic acids is 3. The number of benzene rings is 1. The van der Waals surface area contributed by atoms with E-state index in [1.54, 1.807) is 4.90 Å². The van der Waals surface area contributed by atoms with Gasteiger partial charge in [0, 0.05) is 37.9 Å². The third kappa shape index (κ3) is 5.88. The normalized spacial score (nSPS) is 29.8. The highest BCUT2D eigenvalue weighted by atomic mass is 19.3. The van der Waals surface area contributed by atoms with E-state index in [1.807, 2.05) is 38.1 Å². The largest absolute Gasteiger partial charge is 0.390 e. The molecule has 0 radical (unpaired) electrons. The first-order chi connectivity index (χ1) is 19.1. The van der Waals surface area contributed by atoms with E-state index < -0.39 is 48.6 Å².